The van der Waals surface area contributed by atoms with Gasteiger partial charge in [0, 0.05) is 4.47 Å². The zero-order valence-corrected chi connectivity index (χ0v) is 14.2. The number of aliphatic carboxylic acids is 1. The van der Waals surface area contributed by atoms with Crippen LogP contribution in [0.15, 0.2) is 28.7 Å². The minimum Gasteiger partial charge on any atom is -0.480 e. The Balaban J connectivity index is 2.68. The van der Waals surface area contributed by atoms with E-state index in [4.69, 9.17) is 0 Å². The molecule has 0 aromatic heterocycles. The lowest BCUT2D eigenvalue weighted by atomic mass is 9.87. The first-order chi connectivity index (χ1) is 9.61. The summed E-state index contributed by atoms with van der Waals surface area (Å²) < 4.78 is 0.960. The lowest BCUT2D eigenvalue weighted by molar-refractivity contribution is -0.141. The van der Waals surface area contributed by atoms with Gasteiger partial charge in [0.2, 0.25) is 0 Å². The molecule has 0 heterocycles. The molecule has 2 unspecified atom stereocenters. The zero-order valence-electron chi connectivity index (χ0n) is 12.6. The van der Waals surface area contributed by atoms with E-state index in [1.54, 1.807) is 20.8 Å². The second-order valence-corrected chi connectivity index (χ2v) is 6.94. The van der Waals surface area contributed by atoms with Crippen molar-refractivity contribution in [3.05, 3.63) is 34.3 Å². The summed E-state index contributed by atoms with van der Waals surface area (Å²) in [6.45, 7) is 7.15. The lowest BCUT2D eigenvalue weighted by Gasteiger charge is -2.28. The molecule has 21 heavy (non-hydrogen) atoms. The minimum atomic E-state index is -1.05. The normalized spacial score (nSPS) is 14.1. The third-order valence-corrected chi connectivity index (χ3v) is 3.63. The van der Waals surface area contributed by atoms with Crippen LogP contribution in [-0.4, -0.2) is 23.1 Å². The van der Waals surface area contributed by atoms with Gasteiger partial charge in [-0.3, -0.25) is 0 Å². The highest BCUT2D eigenvalue weighted by molar-refractivity contribution is 9.10. The third kappa shape index (κ3) is 5.38. The number of nitrogens with one attached hydrogen (secondary N) is 2. The van der Waals surface area contributed by atoms with E-state index < -0.39 is 23.5 Å². The summed E-state index contributed by atoms with van der Waals surface area (Å²) in [5.41, 5.74) is 0.375. The molecule has 5 nitrogen and oxygen atoms in total. The van der Waals surface area contributed by atoms with E-state index in [0.717, 1.165) is 10.0 Å². The summed E-state index contributed by atoms with van der Waals surface area (Å²) in [5, 5.41) is 14.4. The van der Waals surface area contributed by atoms with Crippen molar-refractivity contribution in [1.82, 2.24) is 10.6 Å². The first-order valence-electron chi connectivity index (χ1n) is 6.66. The van der Waals surface area contributed by atoms with E-state index in [9.17, 15) is 14.7 Å². The van der Waals surface area contributed by atoms with Crippen LogP contribution in [-0.2, 0) is 4.79 Å². The average Bonchev–Trinajstić information content (AvgIpc) is 2.35. The number of benzene rings is 1. The highest BCUT2D eigenvalue weighted by atomic mass is 79.9. The number of carboxylic acid groups (broad SMARTS) is 1. The van der Waals surface area contributed by atoms with Crippen LogP contribution in [0.25, 0.3) is 0 Å². The summed E-state index contributed by atoms with van der Waals surface area (Å²) in [4.78, 5) is 23.2. The van der Waals surface area contributed by atoms with Gasteiger partial charge in [0.25, 0.3) is 0 Å². The number of carbonyl (C=O) groups is 2. The molecule has 0 radical (unpaired) electrons. The fourth-order valence-corrected chi connectivity index (χ4v) is 2.12. The highest BCUT2D eigenvalue weighted by Gasteiger charge is 2.32. The van der Waals surface area contributed by atoms with Crippen LogP contribution >= 0.6 is 15.9 Å². The van der Waals surface area contributed by atoms with Crippen molar-refractivity contribution in [3.63, 3.8) is 0 Å². The van der Waals surface area contributed by atoms with Crippen molar-refractivity contribution in [2.45, 2.75) is 39.8 Å². The van der Waals surface area contributed by atoms with E-state index in [2.05, 4.69) is 26.6 Å². The average molecular weight is 357 g/mol. The van der Waals surface area contributed by atoms with Gasteiger partial charge in [0.1, 0.15) is 6.04 Å². The Bertz CT molecular complexity index is 509. The van der Waals surface area contributed by atoms with Crippen molar-refractivity contribution in [1.29, 1.82) is 0 Å². The Morgan fingerprint density at radius 1 is 1.14 bits per heavy atom. The van der Waals surface area contributed by atoms with Gasteiger partial charge in [-0.2, -0.15) is 0 Å². The van der Waals surface area contributed by atoms with Crippen LogP contribution in [0.1, 0.15) is 39.3 Å². The second kappa shape index (κ2) is 6.93. The van der Waals surface area contributed by atoms with Crippen molar-refractivity contribution in [2.75, 3.05) is 0 Å². The Morgan fingerprint density at radius 3 is 2.10 bits per heavy atom. The number of carbonyl (C=O) groups excluding carboxylic acids is 1. The van der Waals surface area contributed by atoms with Gasteiger partial charge in [-0.1, -0.05) is 48.8 Å². The van der Waals surface area contributed by atoms with Crippen LogP contribution < -0.4 is 10.6 Å². The first-order valence-corrected chi connectivity index (χ1v) is 7.46. The molecule has 0 saturated carbocycles. The van der Waals surface area contributed by atoms with Crippen LogP contribution in [0.4, 0.5) is 4.79 Å². The van der Waals surface area contributed by atoms with Crippen molar-refractivity contribution >= 4 is 27.9 Å². The quantitative estimate of drug-likeness (QED) is 0.774. The Morgan fingerprint density at radius 2 is 1.67 bits per heavy atom. The number of carboxylic acids is 1. The Hall–Kier alpha value is -1.56. The van der Waals surface area contributed by atoms with E-state index in [1.807, 2.05) is 31.2 Å². The molecular formula is C15H21BrN2O3. The standard InChI is InChI=1S/C15H21BrN2O3/c1-9(10-5-7-11(16)8-6-10)17-14(21)18-12(13(19)20)15(2,3)4/h5-9,12H,1-4H3,(H,19,20)(H2,17,18,21). The Labute approximate surface area is 133 Å². The molecule has 6 heteroatoms. The Kier molecular flexibility index (Phi) is 5.78. The fourth-order valence-electron chi connectivity index (χ4n) is 1.85. The van der Waals surface area contributed by atoms with Gasteiger partial charge in [-0.15, -0.1) is 0 Å². The predicted octanol–water partition coefficient (Wildman–Crippen LogP) is 3.31. The second-order valence-electron chi connectivity index (χ2n) is 6.03. The first kappa shape index (κ1) is 17.5. The maximum atomic E-state index is 12.0. The van der Waals surface area contributed by atoms with Crippen molar-refractivity contribution < 1.29 is 14.7 Å². The number of urea groups is 1. The van der Waals surface area contributed by atoms with Crippen LogP contribution in [0.2, 0.25) is 0 Å². The molecule has 3 N–H and O–H groups in total. The van der Waals surface area contributed by atoms with Crippen molar-refractivity contribution in [3.8, 4) is 0 Å². The fraction of sp³-hybridized carbons (Fsp3) is 0.467. The maximum Gasteiger partial charge on any atom is 0.326 e. The van der Waals surface area contributed by atoms with Gasteiger partial charge in [0.15, 0.2) is 0 Å². The molecule has 0 fully saturated rings. The van der Waals surface area contributed by atoms with E-state index in [0.29, 0.717) is 0 Å². The molecule has 2 amide bonds. The number of amides is 2. The van der Waals surface area contributed by atoms with Crippen LogP contribution in [0.3, 0.4) is 0 Å². The summed E-state index contributed by atoms with van der Waals surface area (Å²) in [6.07, 6.45) is 0. The SMILES string of the molecule is CC(NC(=O)NC(C(=O)O)C(C)(C)C)c1ccc(Br)cc1. The highest BCUT2D eigenvalue weighted by Crippen LogP contribution is 2.20. The third-order valence-electron chi connectivity index (χ3n) is 3.11. The summed E-state index contributed by atoms with van der Waals surface area (Å²) in [6, 6.07) is 5.91. The van der Waals surface area contributed by atoms with E-state index >= 15 is 0 Å². The molecule has 1 rings (SSSR count). The van der Waals surface area contributed by atoms with Crippen molar-refractivity contribution in [2.24, 2.45) is 5.41 Å². The smallest absolute Gasteiger partial charge is 0.326 e. The molecule has 0 spiro atoms. The molecule has 2 atom stereocenters. The monoisotopic (exact) mass is 356 g/mol. The number of rotatable bonds is 4. The number of halogens is 1. The maximum absolute atomic E-state index is 12.0. The van der Waals surface area contributed by atoms with Crippen LogP contribution in [0, 0.1) is 5.41 Å². The number of hydrogen-bond acceptors (Lipinski definition) is 2. The van der Waals surface area contributed by atoms with Gasteiger partial charge in [-0.05, 0) is 30.0 Å². The molecule has 0 bridgehead atoms. The summed E-state index contributed by atoms with van der Waals surface area (Å²) >= 11 is 3.35. The van der Waals surface area contributed by atoms with Gasteiger partial charge < -0.3 is 15.7 Å². The molecule has 1 aromatic carbocycles. The van der Waals surface area contributed by atoms with E-state index in [1.165, 1.54) is 0 Å². The number of hydrogen-bond donors (Lipinski definition) is 3. The lowest BCUT2D eigenvalue weighted by Crippen LogP contribution is -2.52. The van der Waals surface area contributed by atoms with Gasteiger partial charge in [0.05, 0.1) is 6.04 Å². The van der Waals surface area contributed by atoms with Crippen LogP contribution in [0.5, 0.6) is 0 Å². The molecular weight excluding hydrogens is 336 g/mol. The van der Waals surface area contributed by atoms with Gasteiger partial charge in [-0.25, -0.2) is 9.59 Å². The molecule has 0 aliphatic heterocycles. The zero-order chi connectivity index (χ0) is 16.2. The summed E-state index contributed by atoms with van der Waals surface area (Å²) in [7, 11) is 0. The van der Waals surface area contributed by atoms with Gasteiger partial charge >= 0.3 is 12.0 Å². The summed E-state index contributed by atoms with van der Waals surface area (Å²) in [5.74, 6) is -1.05. The largest absolute Gasteiger partial charge is 0.480 e. The predicted molar refractivity (Wildman–Crippen MR) is 85.1 cm³/mol. The molecule has 1 aromatic rings. The minimum absolute atomic E-state index is 0.215. The molecule has 116 valence electrons. The molecule has 0 aliphatic carbocycles. The molecule has 0 saturated heterocycles. The van der Waals surface area contributed by atoms with E-state index in [-0.39, 0.29) is 6.04 Å². The topological polar surface area (TPSA) is 78.4 Å². The molecule has 0 aliphatic rings.